The van der Waals surface area contributed by atoms with Crippen LogP contribution < -0.4 is 5.32 Å². The lowest BCUT2D eigenvalue weighted by Crippen LogP contribution is -2.29. The molecule has 0 spiro atoms. The van der Waals surface area contributed by atoms with Gasteiger partial charge in [0.05, 0.1) is 11.7 Å². The van der Waals surface area contributed by atoms with Gasteiger partial charge in [-0.25, -0.2) is 13.2 Å². The maximum atomic E-state index is 13.6. The van der Waals surface area contributed by atoms with E-state index in [4.69, 9.17) is 0 Å². The standard InChI is InChI=1S/C16H14F3NO2/c1-9-6-14(19)11(7-13(9)18)16(22)20-8-15(21)10-4-2-3-5-12(10)17/h2-7,15,21H,8H2,1H3,(H,20,22). The first-order valence-electron chi connectivity index (χ1n) is 6.56. The van der Waals surface area contributed by atoms with Crippen LogP contribution in [0.15, 0.2) is 36.4 Å². The molecule has 0 heterocycles. The molecular weight excluding hydrogens is 295 g/mol. The molecule has 0 aromatic heterocycles. The minimum Gasteiger partial charge on any atom is -0.386 e. The zero-order valence-electron chi connectivity index (χ0n) is 11.7. The second-order valence-corrected chi connectivity index (χ2v) is 4.83. The highest BCUT2D eigenvalue weighted by Crippen LogP contribution is 2.17. The molecule has 0 fully saturated rings. The predicted molar refractivity (Wildman–Crippen MR) is 74.8 cm³/mol. The third-order valence-electron chi connectivity index (χ3n) is 3.21. The summed E-state index contributed by atoms with van der Waals surface area (Å²) in [7, 11) is 0. The molecule has 22 heavy (non-hydrogen) atoms. The number of benzene rings is 2. The number of amides is 1. The minimum absolute atomic E-state index is 0.0124. The van der Waals surface area contributed by atoms with E-state index in [-0.39, 0.29) is 17.7 Å². The van der Waals surface area contributed by atoms with Crippen LogP contribution in [-0.2, 0) is 0 Å². The van der Waals surface area contributed by atoms with Crippen molar-refractivity contribution in [1.82, 2.24) is 5.32 Å². The van der Waals surface area contributed by atoms with Gasteiger partial charge in [-0.1, -0.05) is 18.2 Å². The highest BCUT2D eigenvalue weighted by atomic mass is 19.1. The van der Waals surface area contributed by atoms with Gasteiger partial charge >= 0.3 is 0 Å². The lowest BCUT2D eigenvalue weighted by molar-refractivity contribution is 0.0909. The number of carbonyl (C=O) groups excluding carboxylic acids is 1. The zero-order chi connectivity index (χ0) is 16.3. The lowest BCUT2D eigenvalue weighted by atomic mass is 10.1. The number of aliphatic hydroxyl groups excluding tert-OH is 1. The van der Waals surface area contributed by atoms with Crippen molar-refractivity contribution < 1.29 is 23.1 Å². The lowest BCUT2D eigenvalue weighted by Gasteiger charge is -2.13. The summed E-state index contributed by atoms with van der Waals surface area (Å²) in [6.07, 6.45) is -1.29. The first-order valence-corrected chi connectivity index (χ1v) is 6.56. The number of nitrogens with one attached hydrogen (secondary N) is 1. The maximum absolute atomic E-state index is 13.6. The van der Waals surface area contributed by atoms with Gasteiger partial charge < -0.3 is 10.4 Å². The summed E-state index contributed by atoms with van der Waals surface area (Å²) in [5.74, 6) is -3.07. The van der Waals surface area contributed by atoms with Crippen LogP contribution in [0, 0.1) is 24.4 Å². The molecule has 0 aliphatic carbocycles. The summed E-state index contributed by atoms with van der Waals surface area (Å²) in [4.78, 5) is 11.8. The Bertz CT molecular complexity index is 704. The van der Waals surface area contributed by atoms with Crippen molar-refractivity contribution in [2.24, 2.45) is 0 Å². The fraction of sp³-hybridized carbons (Fsp3) is 0.188. The van der Waals surface area contributed by atoms with E-state index in [0.29, 0.717) is 0 Å². The maximum Gasteiger partial charge on any atom is 0.254 e. The molecule has 2 rings (SSSR count). The van der Waals surface area contributed by atoms with E-state index < -0.39 is 35.0 Å². The van der Waals surface area contributed by atoms with Crippen molar-refractivity contribution in [2.75, 3.05) is 6.54 Å². The number of carbonyl (C=O) groups is 1. The Hall–Kier alpha value is -2.34. The van der Waals surface area contributed by atoms with Crippen LogP contribution in [0.2, 0.25) is 0 Å². The Morgan fingerprint density at radius 3 is 2.50 bits per heavy atom. The average molecular weight is 309 g/mol. The highest BCUT2D eigenvalue weighted by Gasteiger charge is 2.17. The minimum atomic E-state index is -1.29. The highest BCUT2D eigenvalue weighted by molar-refractivity contribution is 5.94. The van der Waals surface area contributed by atoms with Crippen LogP contribution in [0.1, 0.15) is 27.6 Å². The van der Waals surface area contributed by atoms with Gasteiger partial charge in [-0.2, -0.15) is 0 Å². The largest absolute Gasteiger partial charge is 0.386 e. The molecule has 0 radical (unpaired) electrons. The van der Waals surface area contributed by atoms with Gasteiger partial charge in [-0.05, 0) is 30.7 Å². The quantitative estimate of drug-likeness (QED) is 0.912. The van der Waals surface area contributed by atoms with Crippen LogP contribution in [-0.4, -0.2) is 17.6 Å². The fourth-order valence-electron chi connectivity index (χ4n) is 1.96. The van der Waals surface area contributed by atoms with Crippen LogP contribution in [0.4, 0.5) is 13.2 Å². The molecule has 2 N–H and O–H groups in total. The van der Waals surface area contributed by atoms with Gasteiger partial charge in [0.25, 0.3) is 5.91 Å². The molecule has 1 unspecified atom stereocenters. The first-order chi connectivity index (χ1) is 10.4. The fourth-order valence-corrected chi connectivity index (χ4v) is 1.96. The normalized spacial score (nSPS) is 12.0. The molecule has 0 aliphatic rings. The summed E-state index contributed by atoms with van der Waals surface area (Å²) in [6, 6.07) is 7.26. The van der Waals surface area contributed by atoms with Gasteiger partial charge in [0, 0.05) is 12.1 Å². The molecule has 1 amide bonds. The summed E-state index contributed by atoms with van der Waals surface area (Å²) in [6.45, 7) is 1.05. The monoisotopic (exact) mass is 309 g/mol. The average Bonchev–Trinajstić information content (AvgIpc) is 2.48. The van der Waals surface area contributed by atoms with Gasteiger partial charge in [0.1, 0.15) is 17.5 Å². The molecule has 2 aromatic rings. The summed E-state index contributed by atoms with van der Waals surface area (Å²) in [5, 5.41) is 12.1. The molecule has 3 nitrogen and oxygen atoms in total. The van der Waals surface area contributed by atoms with E-state index in [1.165, 1.54) is 25.1 Å². The number of halogens is 3. The summed E-state index contributed by atoms with van der Waals surface area (Å²) >= 11 is 0. The van der Waals surface area contributed by atoms with E-state index >= 15 is 0 Å². The number of aryl methyl sites for hydroxylation is 1. The third kappa shape index (κ3) is 3.46. The molecule has 0 saturated carbocycles. The Kier molecular flexibility index (Phi) is 4.82. The van der Waals surface area contributed by atoms with Crippen molar-refractivity contribution >= 4 is 5.91 Å². The van der Waals surface area contributed by atoms with Gasteiger partial charge in [-0.15, -0.1) is 0 Å². The molecule has 0 saturated heterocycles. The van der Waals surface area contributed by atoms with Crippen LogP contribution >= 0.6 is 0 Å². The number of hydrogen-bond donors (Lipinski definition) is 2. The van der Waals surface area contributed by atoms with Crippen molar-refractivity contribution in [3.63, 3.8) is 0 Å². The molecule has 1 atom stereocenters. The molecule has 0 bridgehead atoms. The topological polar surface area (TPSA) is 49.3 Å². The number of rotatable bonds is 4. The van der Waals surface area contributed by atoms with Gasteiger partial charge in [-0.3, -0.25) is 4.79 Å². The van der Waals surface area contributed by atoms with Crippen LogP contribution in [0.5, 0.6) is 0 Å². The third-order valence-corrected chi connectivity index (χ3v) is 3.21. The first kappa shape index (κ1) is 16.0. The van der Waals surface area contributed by atoms with Crippen molar-refractivity contribution in [2.45, 2.75) is 13.0 Å². The van der Waals surface area contributed by atoms with Crippen molar-refractivity contribution in [3.8, 4) is 0 Å². The SMILES string of the molecule is Cc1cc(F)c(C(=O)NCC(O)c2ccccc2F)cc1F. The Balaban J connectivity index is 2.07. The van der Waals surface area contributed by atoms with E-state index in [1.807, 2.05) is 0 Å². The predicted octanol–water partition coefficient (Wildman–Crippen LogP) is 2.88. The smallest absolute Gasteiger partial charge is 0.254 e. The zero-order valence-corrected chi connectivity index (χ0v) is 11.7. The van der Waals surface area contributed by atoms with Crippen molar-refractivity contribution in [1.29, 1.82) is 0 Å². The number of aliphatic hydroxyl groups is 1. The Morgan fingerprint density at radius 1 is 1.14 bits per heavy atom. The van der Waals surface area contributed by atoms with Crippen LogP contribution in [0.3, 0.4) is 0 Å². The van der Waals surface area contributed by atoms with E-state index in [0.717, 1.165) is 12.1 Å². The molecule has 0 aliphatic heterocycles. The van der Waals surface area contributed by atoms with Gasteiger partial charge in [0.2, 0.25) is 0 Å². The molecular formula is C16H14F3NO2. The van der Waals surface area contributed by atoms with Crippen LogP contribution in [0.25, 0.3) is 0 Å². The Labute approximate surface area is 125 Å². The molecule has 116 valence electrons. The molecule has 2 aromatic carbocycles. The molecule has 6 heteroatoms. The van der Waals surface area contributed by atoms with E-state index in [1.54, 1.807) is 6.07 Å². The summed E-state index contributed by atoms with van der Waals surface area (Å²) < 4.78 is 40.5. The van der Waals surface area contributed by atoms with Gasteiger partial charge in [0.15, 0.2) is 0 Å². The number of hydrogen-bond acceptors (Lipinski definition) is 2. The van der Waals surface area contributed by atoms with Crippen molar-refractivity contribution in [3.05, 3.63) is 70.5 Å². The Morgan fingerprint density at radius 2 is 1.82 bits per heavy atom. The second kappa shape index (κ2) is 6.62. The van der Waals surface area contributed by atoms with E-state index in [2.05, 4.69) is 5.32 Å². The second-order valence-electron chi connectivity index (χ2n) is 4.83. The van der Waals surface area contributed by atoms with E-state index in [9.17, 15) is 23.1 Å². The summed E-state index contributed by atoms with van der Waals surface area (Å²) in [5.41, 5.74) is -0.373.